The number of aromatic amines is 2. The summed E-state index contributed by atoms with van der Waals surface area (Å²) in [6.07, 6.45) is 27.0. The number of likely N-dealkylation sites (tertiary alicyclic amines) is 3. The van der Waals surface area contributed by atoms with Crippen molar-refractivity contribution < 1.29 is 84.6 Å². The van der Waals surface area contributed by atoms with E-state index in [-0.39, 0.29) is 114 Å². The largest absolute Gasteiger partial charge is 0.481 e. The van der Waals surface area contributed by atoms with Crippen molar-refractivity contribution in [3.8, 4) is 0 Å². The lowest BCUT2D eigenvalue weighted by molar-refractivity contribution is -0.161. The summed E-state index contributed by atoms with van der Waals surface area (Å²) in [6.45, 7) is 35.3. The van der Waals surface area contributed by atoms with Crippen LogP contribution in [0.1, 0.15) is 286 Å². The molecule has 6 atom stereocenters. The Kier molecular flexibility index (Phi) is 42.7. The third-order valence-electron chi connectivity index (χ3n) is 26.7. The van der Waals surface area contributed by atoms with Crippen LogP contribution in [-0.2, 0) is 72.1 Å². The van der Waals surface area contributed by atoms with Crippen molar-refractivity contribution in [3.05, 3.63) is 205 Å². The second kappa shape index (κ2) is 52.9. The number of Topliss-reactive ketones (excluding diaryl/α,β-unsaturated/α-hetero) is 4. The van der Waals surface area contributed by atoms with Gasteiger partial charge in [-0.05, 0) is 322 Å². The molecule has 3 amide bonds. The van der Waals surface area contributed by atoms with Gasteiger partial charge in [0, 0.05) is 184 Å². The number of esters is 2. The van der Waals surface area contributed by atoms with Gasteiger partial charge in [-0.25, -0.2) is 9.59 Å². The van der Waals surface area contributed by atoms with Crippen LogP contribution in [-0.4, -0.2) is 190 Å². The number of benzene rings is 6. The number of rotatable bonds is 22. The first-order valence-electron chi connectivity index (χ1n) is 50.8. The lowest BCUT2D eigenvalue weighted by atomic mass is 9.77. The molecule has 798 valence electrons. The maximum absolute atomic E-state index is 14.0. The molecule has 4 aliphatic heterocycles. The second-order valence-electron chi connectivity index (χ2n) is 42.9. The van der Waals surface area contributed by atoms with Gasteiger partial charge in [0.25, 0.3) is 10.1 Å². The van der Waals surface area contributed by atoms with Gasteiger partial charge in [-0.3, -0.25) is 42.5 Å². The van der Waals surface area contributed by atoms with Crippen molar-refractivity contribution in [1.82, 2.24) is 43.7 Å². The van der Waals surface area contributed by atoms with Gasteiger partial charge in [-0.1, -0.05) is 114 Å². The Morgan fingerprint density at radius 1 is 0.415 bits per heavy atom. The van der Waals surface area contributed by atoms with Crippen molar-refractivity contribution in [3.63, 3.8) is 0 Å². The quantitative estimate of drug-likeness (QED) is 0.0212. The number of aromatic nitrogens is 5. The molecule has 2 aliphatic carbocycles. The molecule has 0 unspecified atom stereocenters. The molecule has 6 aliphatic rings. The summed E-state index contributed by atoms with van der Waals surface area (Å²) in [5, 5.41) is 20.8. The lowest BCUT2D eigenvalue weighted by Gasteiger charge is -2.35. The fourth-order valence-corrected chi connectivity index (χ4v) is 21.7. The van der Waals surface area contributed by atoms with E-state index in [0.717, 1.165) is 167 Å². The standard InChI is InChI=1S/C29H39ClN2O4.C20H25ClN2O3.C17H25NO5S.C15H17ClN2O.C14H24O4.C10H8ClNO.C8H6ClN.ClH/c1-19(33)25-18-31(26-13-12-21(30)15-24(25)26)17-22-11-8-14-32(22)28(35)23(20-9-6-5-7-10-20)16-27(34)36-29(2,3)4;1-13(24)17-12-22(18-8-7-14(21)10-16(17)18)11-15-6-5-9-23(15)19(25)26-20(2,3)4;1-13-7-9-15(10-8-13)24(20,21)22-12-14-6-5-11-18(14)16(19)23-17(2,3)4;1-10(19)14-9-18(8-12-3-2-6-17-12)15-5-4-11(16)7-13(14)15;1-14(2,3)18-12(15)9-11(13(16)17)10-7-5-4-6-8-10;1-6(13)9-5-12-10-3-2-7(11)4-8(9)10;9-7-1-2-8-6(5-7)3-4-10-8;/h12-13,15,18,20,22-23H,5-11,14,16-17H2,1-4H3;7-8,10,12,15H,5-6,9,11H2,1-4H3;7-10,14H,5-6,11-12H2,1-4H3;4-5,7,9,12,17H,2-3,6,8H2,1H3;10-11H,4-9H2,1-3H3,(H,16,17);2-5,12H,1H3;1-5,10H;1H/t22-,23-;15-;14-;12-;11-;;;/m00000.../s1. The van der Waals surface area contributed by atoms with Crippen LogP contribution >= 0.6 is 70.4 Å². The van der Waals surface area contributed by atoms with Crippen LogP contribution in [0, 0.1) is 30.6 Å². The molecule has 6 fully saturated rings. The van der Waals surface area contributed by atoms with Gasteiger partial charge in [0.15, 0.2) is 23.1 Å². The number of carboxylic acids is 1. The van der Waals surface area contributed by atoms with Crippen LogP contribution in [0.2, 0.25) is 25.1 Å². The Bertz CT molecular complexity index is 6540. The monoisotopic (exact) mass is 2160 g/mol. The topological polar surface area (TPSA) is 339 Å². The van der Waals surface area contributed by atoms with Crippen LogP contribution in [0.4, 0.5) is 9.59 Å². The smallest absolute Gasteiger partial charge is 0.410 e. The molecule has 6 aromatic carbocycles. The van der Waals surface area contributed by atoms with Gasteiger partial charge in [0.2, 0.25) is 5.91 Å². The summed E-state index contributed by atoms with van der Waals surface area (Å²) in [7, 11) is -3.83. The number of aliphatic carboxylic acids is 1. The number of ether oxygens (including phenoxy) is 4. The summed E-state index contributed by atoms with van der Waals surface area (Å²) in [5.41, 5.74) is 6.57. The highest BCUT2D eigenvalue weighted by Gasteiger charge is 2.42. The van der Waals surface area contributed by atoms with Gasteiger partial charge >= 0.3 is 30.1 Å². The molecule has 0 radical (unpaired) electrons. The molecule has 4 N–H and O–H groups in total. The third-order valence-corrected chi connectivity index (χ3v) is 29.2. The molecular weight excluding hydrogens is 2020 g/mol. The van der Waals surface area contributed by atoms with Crippen molar-refractivity contribution in [1.29, 1.82) is 0 Å². The Morgan fingerprint density at radius 2 is 0.803 bits per heavy atom. The fraction of sp³-hybridized carbons (Fsp3) is 0.504. The number of aryl methyl sites for hydroxylation is 1. The van der Waals surface area contributed by atoms with Gasteiger partial charge < -0.3 is 67.7 Å². The second-order valence-corrected chi connectivity index (χ2v) is 46.7. The van der Waals surface area contributed by atoms with Gasteiger partial charge in [-0.2, -0.15) is 8.42 Å². The fourth-order valence-electron chi connectivity index (χ4n) is 19.9. The van der Waals surface area contributed by atoms with E-state index < -0.39 is 56.5 Å². The van der Waals surface area contributed by atoms with Gasteiger partial charge in [-0.15, -0.1) is 12.4 Å². The Balaban J connectivity index is 0.000000181. The Labute approximate surface area is 895 Å². The van der Waals surface area contributed by atoms with E-state index in [1.165, 1.54) is 37.8 Å². The third kappa shape index (κ3) is 34.6. The number of amides is 3. The highest BCUT2D eigenvalue weighted by Crippen LogP contribution is 2.40. The van der Waals surface area contributed by atoms with Crippen LogP contribution in [0.3, 0.4) is 0 Å². The highest BCUT2D eigenvalue weighted by atomic mass is 35.5. The Morgan fingerprint density at radius 3 is 1.23 bits per heavy atom. The SMILES string of the molecule is CC(=O)c1c[nH]c2ccc(Cl)cc12.CC(=O)c1cn(C[C@@H]2CCCN2)c2ccc(Cl)cc12.CC(=O)c1cn(C[C@@H]2CCCN2C(=O)OC(C)(C)C)c2ccc(Cl)cc12.CC(=O)c1cn(C[C@@H]2CCCN2C(=O)[C@@H](CC(=O)OC(C)(C)C)C2CCCCC2)c2ccc(Cl)cc12.CC(C)(C)OC(=O)C[C@H](C(=O)O)C1CCCCC1.Cc1ccc(S(=O)(=O)OC[C@@H]2CCCN2C(=O)OC(C)(C)C)cc1.Cl.Clc1ccc2[nH]ccc2c1. The maximum atomic E-state index is 14.0. The number of carbonyl (C=O) groups is 10. The molecule has 11 aromatic rings. The van der Waals surface area contributed by atoms with Crippen LogP contribution in [0.15, 0.2) is 157 Å². The summed E-state index contributed by atoms with van der Waals surface area (Å²) >= 11 is 30.0. The highest BCUT2D eigenvalue weighted by molar-refractivity contribution is 7.86. The first kappa shape index (κ1) is 119. The number of H-pyrrole nitrogens is 2. The zero-order valence-corrected chi connectivity index (χ0v) is 93.0. The van der Waals surface area contributed by atoms with Crippen molar-refractivity contribution in [2.75, 3.05) is 32.8 Å². The van der Waals surface area contributed by atoms with Crippen LogP contribution < -0.4 is 5.32 Å². The maximum Gasteiger partial charge on any atom is 0.410 e. The normalized spacial score (nSPS) is 17.6. The van der Waals surface area contributed by atoms with Crippen LogP contribution in [0.5, 0.6) is 0 Å². The van der Waals surface area contributed by atoms with E-state index in [1.807, 2.05) is 163 Å². The first-order valence-corrected chi connectivity index (χ1v) is 54.1. The molecule has 0 spiro atoms. The number of nitrogens with zero attached hydrogens (tertiary/aromatic N) is 6. The Hall–Kier alpha value is -10.3. The van der Waals surface area contributed by atoms with E-state index in [9.17, 15) is 61.5 Å². The average Bonchev–Trinajstić information content (AvgIpc) is 1.63. The molecule has 27 nitrogen and oxygen atoms in total. The minimum absolute atomic E-state index is 0. The van der Waals surface area contributed by atoms with Gasteiger partial charge in [0.05, 0.1) is 48.3 Å². The zero-order chi connectivity index (χ0) is 107. The molecule has 34 heteroatoms. The molecular formula is C113H145Cl6N9O18S. The summed E-state index contributed by atoms with van der Waals surface area (Å²) < 4.78 is 57.7. The number of ketones is 4. The van der Waals surface area contributed by atoms with E-state index >= 15 is 0 Å². The number of halogens is 6. The zero-order valence-electron chi connectivity index (χ0n) is 87.6. The number of fused-ring (bicyclic) bond motifs is 5. The van der Waals surface area contributed by atoms with E-state index in [2.05, 4.69) is 29.0 Å². The predicted molar refractivity (Wildman–Crippen MR) is 585 cm³/mol. The van der Waals surface area contributed by atoms with Crippen LogP contribution in [0.25, 0.3) is 54.5 Å². The van der Waals surface area contributed by atoms with Crippen molar-refractivity contribution >= 4 is 194 Å². The summed E-state index contributed by atoms with van der Waals surface area (Å²) in [5.74, 6) is -1.91. The minimum atomic E-state index is -3.83. The summed E-state index contributed by atoms with van der Waals surface area (Å²) in [6, 6.07) is 37.0. The number of hydrogen-bond donors (Lipinski definition) is 4. The summed E-state index contributed by atoms with van der Waals surface area (Å²) in [4.78, 5) is 133. The molecule has 5 aromatic heterocycles. The molecule has 2 saturated carbocycles. The molecule has 147 heavy (non-hydrogen) atoms. The van der Waals surface area contributed by atoms with E-state index in [0.29, 0.717) is 82.0 Å². The minimum Gasteiger partial charge on any atom is -0.481 e. The number of carbonyl (C=O) groups excluding carboxylic acids is 9. The molecule has 9 heterocycles. The average molecular weight is 2160 g/mol. The number of hydrogen-bond acceptors (Lipinski definition) is 18. The lowest BCUT2D eigenvalue weighted by Crippen LogP contribution is -2.45. The molecule has 17 rings (SSSR count). The number of carboxylic acid groups (broad SMARTS) is 1. The van der Waals surface area contributed by atoms with E-state index in [4.69, 9.17) is 81.1 Å². The number of nitrogens with one attached hydrogen (secondary N) is 3. The van der Waals surface area contributed by atoms with E-state index in [1.54, 1.807) is 109 Å². The first-order chi connectivity index (χ1) is 68.8. The van der Waals surface area contributed by atoms with Crippen molar-refractivity contribution in [2.24, 2.45) is 23.7 Å². The predicted octanol–water partition coefficient (Wildman–Crippen LogP) is 26.9. The van der Waals surface area contributed by atoms with Crippen molar-refractivity contribution in [2.45, 2.75) is 317 Å². The molecule has 0 bridgehead atoms. The molecule has 4 saturated heterocycles. The van der Waals surface area contributed by atoms with Gasteiger partial charge in [0.1, 0.15) is 22.4 Å².